The van der Waals surface area contributed by atoms with Crippen LogP contribution in [-0.2, 0) is 17.9 Å². The highest BCUT2D eigenvalue weighted by atomic mass is 32.1. The number of ether oxygens (including phenoxy) is 2. The Kier molecular flexibility index (Phi) is 5.66. The number of amides is 1. The summed E-state index contributed by atoms with van der Waals surface area (Å²) in [5.74, 6) is 1.55. The minimum atomic E-state index is -0.0114. The van der Waals surface area contributed by atoms with Gasteiger partial charge in [0, 0.05) is 42.2 Å². The van der Waals surface area contributed by atoms with Gasteiger partial charge in [0.1, 0.15) is 11.5 Å². The van der Waals surface area contributed by atoms with E-state index in [9.17, 15) is 9.59 Å². The third kappa shape index (κ3) is 4.09. The third-order valence-electron chi connectivity index (χ3n) is 4.66. The van der Waals surface area contributed by atoms with Crippen molar-refractivity contribution in [1.29, 1.82) is 0 Å². The Balaban J connectivity index is 1.73. The Morgan fingerprint density at radius 1 is 1.31 bits per heavy atom. The highest BCUT2D eigenvalue weighted by molar-refractivity contribution is 7.07. The molecule has 2 aromatic rings. The largest absolute Gasteiger partial charge is 0.497 e. The van der Waals surface area contributed by atoms with E-state index in [2.05, 4.69) is 0 Å². The summed E-state index contributed by atoms with van der Waals surface area (Å²) in [6.07, 6.45) is 2.37. The molecule has 0 unspecified atom stereocenters. The molecule has 26 heavy (non-hydrogen) atoms. The van der Waals surface area contributed by atoms with Crippen LogP contribution in [0.5, 0.6) is 11.5 Å². The zero-order valence-corrected chi connectivity index (χ0v) is 16.2. The number of aromatic nitrogens is 1. The van der Waals surface area contributed by atoms with Crippen LogP contribution >= 0.6 is 11.3 Å². The van der Waals surface area contributed by atoms with Gasteiger partial charge < -0.3 is 18.9 Å². The predicted octanol–water partition coefficient (Wildman–Crippen LogP) is 2.82. The van der Waals surface area contributed by atoms with Gasteiger partial charge in [-0.3, -0.25) is 9.59 Å². The molecule has 0 radical (unpaired) electrons. The van der Waals surface area contributed by atoms with Crippen molar-refractivity contribution < 1.29 is 14.3 Å². The van der Waals surface area contributed by atoms with E-state index >= 15 is 0 Å². The number of thiazole rings is 1. The first-order valence-corrected chi connectivity index (χ1v) is 9.56. The zero-order valence-electron chi connectivity index (χ0n) is 15.4. The van der Waals surface area contributed by atoms with E-state index in [1.807, 2.05) is 35.4 Å². The number of hydrogen-bond acceptors (Lipinski definition) is 5. The molecule has 0 aliphatic heterocycles. The minimum Gasteiger partial charge on any atom is -0.497 e. The second kappa shape index (κ2) is 7.95. The molecule has 1 aromatic carbocycles. The summed E-state index contributed by atoms with van der Waals surface area (Å²) in [7, 11) is 3.25. The quantitative estimate of drug-likeness (QED) is 0.711. The molecule has 1 saturated carbocycles. The SMILES string of the molecule is COc1ccc(OC)c(CN(C(=O)CCn2c(C)csc2=O)C2CC2)c1. The van der Waals surface area contributed by atoms with Crippen LogP contribution in [0, 0.1) is 6.92 Å². The van der Waals surface area contributed by atoms with Gasteiger partial charge in [-0.05, 0) is 38.0 Å². The summed E-state index contributed by atoms with van der Waals surface area (Å²) >= 11 is 1.17. The Morgan fingerprint density at radius 3 is 2.65 bits per heavy atom. The molecule has 1 aliphatic rings. The molecule has 0 N–H and O–H groups in total. The number of nitrogens with zero attached hydrogens (tertiary/aromatic N) is 2. The van der Waals surface area contributed by atoms with E-state index < -0.39 is 0 Å². The standard InChI is InChI=1S/C19H24N2O4S/c1-13-12-26-19(23)20(13)9-8-18(22)21(15-4-5-15)11-14-10-16(24-2)6-7-17(14)25-3/h6-7,10,12,15H,4-5,8-9,11H2,1-3H3. The monoisotopic (exact) mass is 376 g/mol. The van der Waals surface area contributed by atoms with Crippen molar-refractivity contribution in [3.8, 4) is 11.5 Å². The van der Waals surface area contributed by atoms with E-state index in [1.54, 1.807) is 18.8 Å². The van der Waals surface area contributed by atoms with Crippen molar-refractivity contribution in [1.82, 2.24) is 9.47 Å². The number of methoxy groups -OCH3 is 2. The molecule has 1 aromatic heterocycles. The number of benzene rings is 1. The van der Waals surface area contributed by atoms with Gasteiger partial charge in [-0.15, -0.1) is 0 Å². The summed E-state index contributed by atoms with van der Waals surface area (Å²) in [4.78, 5) is 26.6. The zero-order chi connectivity index (χ0) is 18.7. The van der Waals surface area contributed by atoms with Crippen molar-refractivity contribution in [2.24, 2.45) is 0 Å². The molecule has 0 saturated heterocycles. The van der Waals surface area contributed by atoms with Gasteiger partial charge in [0.05, 0.1) is 14.2 Å². The van der Waals surface area contributed by atoms with Crippen LogP contribution in [0.25, 0.3) is 0 Å². The third-order valence-corrected chi connectivity index (χ3v) is 5.54. The first-order valence-electron chi connectivity index (χ1n) is 8.68. The lowest BCUT2D eigenvalue weighted by atomic mass is 10.1. The van der Waals surface area contributed by atoms with Gasteiger partial charge in [0.2, 0.25) is 5.91 Å². The fraction of sp³-hybridized carbons (Fsp3) is 0.474. The molecule has 1 heterocycles. The summed E-state index contributed by atoms with van der Waals surface area (Å²) in [6, 6.07) is 5.89. The molecule has 6 nitrogen and oxygen atoms in total. The topological polar surface area (TPSA) is 60.8 Å². The average Bonchev–Trinajstić information content (AvgIpc) is 3.43. The summed E-state index contributed by atoms with van der Waals surface area (Å²) in [6.45, 7) is 2.80. The molecule has 0 spiro atoms. The van der Waals surface area contributed by atoms with Crippen LogP contribution < -0.4 is 14.3 Å². The maximum atomic E-state index is 12.8. The van der Waals surface area contributed by atoms with E-state index in [0.29, 0.717) is 19.5 Å². The van der Waals surface area contributed by atoms with Gasteiger partial charge in [-0.25, -0.2) is 0 Å². The first kappa shape index (κ1) is 18.5. The van der Waals surface area contributed by atoms with Crippen molar-refractivity contribution in [3.63, 3.8) is 0 Å². The van der Waals surface area contributed by atoms with E-state index in [0.717, 1.165) is 35.6 Å². The summed E-state index contributed by atoms with van der Waals surface area (Å²) in [5.41, 5.74) is 1.83. The van der Waals surface area contributed by atoms with Gasteiger partial charge in [-0.1, -0.05) is 11.3 Å². The van der Waals surface area contributed by atoms with Gasteiger partial charge >= 0.3 is 4.87 Å². The molecule has 0 atom stereocenters. The molecular formula is C19H24N2O4S. The Bertz CT molecular complexity index is 838. The van der Waals surface area contributed by atoms with Gasteiger partial charge in [0.15, 0.2) is 0 Å². The second-order valence-corrected chi connectivity index (χ2v) is 7.30. The van der Waals surface area contributed by atoms with E-state index in [1.165, 1.54) is 11.3 Å². The smallest absolute Gasteiger partial charge is 0.307 e. The van der Waals surface area contributed by atoms with Gasteiger partial charge in [0.25, 0.3) is 0 Å². The minimum absolute atomic E-state index is 0.0114. The Labute approximate surface area is 157 Å². The van der Waals surface area contributed by atoms with Crippen LogP contribution in [0.4, 0.5) is 0 Å². The molecule has 7 heteroatoms. The molecule has 0 bridgehead atoms. The normalized spacial score (nSPS) is 13.5. The Hall–Kier alpha value is -2.28. The predicted molar refractivity (Wildman–Crippen MR) is 101 cm³/mol. The molecule has 3 rings (SSSR count). The van der Waals surface area contributed by atoms with Crippen LogP contribution in [0.3, 0.4) is 0 Å². The summed E-state index contributed by atoms with van der Waals surface area (Å²) in [5, 5.41) is 1.83. The maximum absolute atomic E-state index is 12.8. The molecule has 140 valence electrons. The lowest BCUT2D eigenvalue weighted by molar-refractivity contribution is -0.132. The maximum Gasteiger partial charge on any atom is 0.307 e. The van der Waals surface area contributed by atoms with Crippen LogP contribution in [0.2, 0.25) is 0 Å². The van der Waals surface area contributed by atoms with E-state index in [-0.39, 0.29) is 16.8 Å². The highest BCUT2D eigenvalue weighted by Gasteiger charge is 2.33. The van der Waals surface area contributed by atoms with Crippen molar-refractivity contribution >= 4 is 17.2 Å². The van der Waals surface area contributed by atoms with Crippen molar-refractivity contribution in [3.05, 3.63) is 44.5 Å². The van der Waals surface area contributed by atoms with Crippen LogP contribution in [0.15, 0.2) is 28.4 Å². The van der Waals surface area contributed by atoms with Crippen LogP contribution in [-0.4, -0.2) is 35.6 Å². The highest BCUT2D eigenvalue weighted by Crippen LogP contribution is 2.32. The molecular weight excluding hydrogens is 352 g/mol. The molecule has 1 aliphatic carbocycles. The first-order chi connectivity index (χ1) is 12.5. The molecule has 1 amide bonds. The van der Waals surface area contributed by atoms with Gasteiger partial charge in [-0.2, -0.15) is 0 Å². The number of aryl methyl sites for hydroxylation is 1. The molecule has 1 fully saturated rings. The number of carbonyl (C=O) groups excluding carboxylic acids is 1. The lowest BCUT2D eigenvalue weighted by Gasteiger charge is -2.24. The fourth-order valence-corrected chi connectivity index (χ4v) is 3.78. The number of carbonyl (C=O) groups is 1. The van der Waals surface area contributed by atoms with Crippen molar-refractivity contribution in [2.45, 2.75) is 45.3 Å². The number of hydrogen-bond donors (Lipinski definition) is 0. The lowest BCUT2D eigenvalue weighted by Crippen LogP contribution is -2.34. The average molecular weight is 376 g/mol. The Morgan fingerprint density at radius 2 is 2.08 bits per heavy atom. The number of rotatable bonds is 8. The van der Waals surface area contributed by atoms with Crippen molar-refractivity contribution in [2.75, 3.05) is 14.2 Å². The summed E-state index contributed by atoms with van der Waals surface area (Å²) < 4.78 is 12.4. The fourth-order valence-electron chi connectivity index (χ4n) is 3.02. The van der Waals surface area contributed by atoms with E-state index in [4.69, 9.17) is 9.47 Å². The van der Waals surface area contributed by atoms with Crippen LogP contribution in [0.1, 0.15) is 30.5 Å². The second-order valence-electron chi connectivity index (χ2n) is 6.48.